The lowest BCUT2D eigenvalue weighted by molar-refractivity contribution is -0.120. The van der Waals surface area contributed by atoms with Crippen molar-refractivity contribution in [2.75, 3.05) is 5.32 Å². The van der Waals surface area contributed by atoms with E-state index in [2.05, 4.69) is 47.7 Å². The van der Waals surface area contributed by atoms with Gasteiger partial charge >= 0.3 is 0 Å². The summed E-state index contributed by atoms with van der Waals surface area (Å²) in [5.74, 6) is -0.361. The molecule has 0 aliphatic carbocycles. The van der Waals surface area contributed by atoms with Crippen LogP contribution in [0, 0.1) is 20.8 Å². The number of anilines is 1. The van der Waals surface area contributed by atoms with Gasteiger partial charge in [-0.05, 0) is 31.9 Å². The molecule has 0 bridgehead atoms. The maximum Gasteiger partial charge on any atom is 0.228 e. The number of carbonyl (C=O) groups excluding carboxylic acids is 2. The largest absolute Gasteiger partial charge is 0.349 e. The van der Waals surface area contributed by atoms with Gasteiger partial charge in [-0.15, -0.1) is 11.3 Å². The summed E-state index contributed by atoms with van der Waals surface area (Å²) in [4.78, 5) is 28.8. The summed E-state index contributed by atoms with van der Waals surface area (Å²) in [5.41, 5.74) is 6.29. The number of nitrogens with zero attached hydrogens (tertiary/aromatic N) is 1. The van der Waals surface area contributed by atoms with Crippen LogP contribution in [0.15, 0.2) is 47.8 Å². The second-order valence-electron chi connectivity index (χ2n) is 7.27. The number of amides is 2. The van der Waals surface area contributed by atoms with E-state index in [9.17, 15) is 9.59 Å². The molecule has 6 heteroatoms. The van der Waals surface area contributed by atoms with E-state index in [-0.39, 0.29) is 24.3 Å². The molecular formula is C23H25N3O2S. The van der Waals surface area contributed by atoms with E-state index >= 15 is 0 Å². The van der Waals surface area contributed by atoms with Gasteiger partial charge in [0.2, 0.25) is 11.8 Å². The monoisotopic (exact) mass is 407 g/mol. The lowest BCUT2D eigenvalue weighted by Crippen LogP contribution is -2.29. The Kier molecular flexibility index (Phi) is 6.44. The van der Waals surface area contributed by atoms with Crippen molar-refractivity contribution in [3.63, 3.8) is 0 Å². The molecule has 0 aliphatic rings. The van der Waals surface area contributed by atoms with E-state index in [0.29, 0.717) is 5.13 Å². The van der Waals surface area contributed by atoms with Gasteiger partial charge in [0.25, 0.3) is 0 Å². The minimum atomic E-state index is -0.383. The van der Waals surface area contributed by atoms with Gasteiger partial charge in [-0.1, -0.05) is 53.6 Å². The van der Waals surface area contributed by atoms with E-state index in [1.165, 1.54) is 23.8 Å². The Morgan fingerprint density at radius 2 is 1.72 bits per heavy atom. The highest BCUT2D eigenvalue weighted by Crippen LogP contribution is 2.28. The minimum Gasteiger partial charge on any atom is -0.349 e. The van der Waals surface area contributed by atoms with Gasteiger partial charge in [0.05, 0.1) is 18.2 Å². The predicted molar refractivity (Wildman–Crippen MR) is 118 cm³/mol. The number of hydrogen-bond acceptors (Lipinski definition) is 4. The molecule has 2 N–H and O–H groups in total. The Morgan fingerprint density at radius 1 is 1.03 bits per heavy atom. The van der Waals surface area contributed by atoms with Crippen LogP contribution >= 0.6 is 11.3 Å². The highest BCUT2D eigenvalue weighted by Gasteiger charge is 2.18. The van der Waals surface area contributed by atoms with Crippen LogP contribution in [-0.2, 0) is 9.59 Å². The Morgan fingerprint density at radius 3 is 2.38 bits per heavy atom. The molecule has 3 rings (SSSR count). The lowest BCUT2D eigenvalue weighted by atomic mass is 10.0. The maximum absolute atomic E-state index is 12.6. The first-order chi connectivity index (χ1) is 13.8. The van der Waals surface area contributed by atoms with Crippen LogP contribution in [-0.4, -0.2) is 16.8 Å². The van der Waals surface area contributed by atoms with Crippen LogP contribution in [0.2, 0.25) is 0 Å². The zero-order chi connectivity index (χ0) is 21.0. The second kappa shape index (κ2) is 9.01. The van der Waals surface area contributed by atoms with Crippen molar-refractivity contribution in [2.45, 2.75) is 40.2 Å². The second-order valence-corrected chi connectivity index (χ2v) is 8.13. The molecule has 1 atom stereocenters. The van der Waals surface area contributed by atoms with Gasteiger partial charge in [0, 0.05) is 17.9 Å². The van der Waals surface area contributed by atoms with Gasteiger partial charge in [0.15, 0.2) is 5.13 Å². The Bertz CT molecular complexity index is 1020. The van der Waals surface area contributed by atoms with Gasteiger partial charge in [-0.3, -0.25) is 9.59 Å². The number of aromatic nitrogens is 1. The molecule has 2 aromatic carbocycles. The number of aryl methyl sites for hydroxylation is 3. The number of thiazole rings is 1. The number of rotatable bonds is 6. The smallest absolute Gasteiger partial charge is 0.228 e. The average molecular weight is 408 g/mol. The fraction of sp³-hybridized carbons (Fsp3) is 0.261. The zero-order valence-electron chi connectivity index (χ0n) is 17.1. The van der Waals surface area contributed by atoms with Crippen molar-refractivity contribution >= 4 is 28.3 Å². The molecule has 29 heavy (non-hydrogen) atoms. The summed E-state index contributed by atoms with van der Waals surface area (Å²) in [6.45, 7) is 7.57. The molecule has 0 saturated carbocycles. The third-order valence-electron chi connectivity index (χ3n) is 4.66. The number of carbonyl (C=O) groups is 2. The number of benzene rings is 2. The molecule has 0 spiro atoms. The molecule has 3 aromatic rings. The summed E-state index contributed by atoms with van der Waals surface area (Å²) in [5, 5.41) is 8.22. The number of hydrogen-bond donors (Lipinski definition) is 2. The SMILES string of the molecule is CC(=O)NC(CC(=O)Nc1nc(-c2ccc(C)cc2C)cs1)c1ccc(C)cc1. The molecule has 0 aliphatic heterocycles. The van der Waals surface area contributed by atoms with Gasteiger partial charge in [-0.25, -0.2) is 4.98 Å². The maximum atomic E-state index is 12.6. The molecule has 5 nitrogen and oxygen atoms in total. The Labute approximate surface area is 175 Å². The fourth-order valence-corrected chi connectivity index (χ4v) is 3.93. The van der Waals surface area contributed by atoms with Crippen molar-refractivity contribution in [1.29, 1.82) is 0 Å². The molecule has 2 amide bonds. The van der Waals surface area contributed by atoms with Crippen molar-refractivity contribution in [3.8, 4) is 11.3 Å². The van der Waals surface area contributed by atoms with Crippen LogP contribution < -0.4 is 10.6 Å². The van der Waals surface area contributed by atoms with E-state index in [1.54, 1.807) is 0 Å². The van der Waals surface area contributed by atoms with E-state index in [4.69, 9.17) is 0 Å². The third kappa shape index (κ3) is 5.51. The highest BCUT2D eigenvalue weighted by atomic mass is 32.1. The molecule has 150 valence electrons. The Hall–Kier alpha value is -2.99. The van der Waals surface area contributed by atoms with Crippen molar-refractivity contribution < 1.29 is 9.59 Å². The number of nitrogens with one attached hydrogen (secondary N) is 2. The molecule has 0 saturated heterocycles. The molecule has 1 heterocycles. The highest BCUT2D eigenvalue weighted by molar-refractivity contribution is 7.14. The normalized spacial score (nSPS) is 11.7. The van der Waals surface area contributed by atoms with E-state index in [0.717, 1.165) is 27.9 Å². The van der Waals surface area contributed by atoms with Crippen molar-refractivity contribution in [3.05, 3.63) is 70.1 Å². The summed E-state index contributed by atoms with van der Waals surface area (Å²) in [6, 6.07) is 13.7. The summed E-state index contributed by atoms with van der Waals surface area (Å²) < 4.78 is 0. The molecule has 0 radical (unpaired) electrons. The molecule has 1 aromatic heterocycles. The molecule has 0 fully saturated rings. The van der Waals surface area contributed by atoms with Crippen LogP contribution in [0.25, 0.3) is 11.3 Å². The van der Waals surface area contributed by atoms with E-state index < -0.39 is 0 Å². The quantitative estimate of drug-likeness (QED) is 0.608. The fourth-order valence-electron chi connectivity index (χ4n) is 3.21. The first kappa shape index (κ1) is 20.7. The predicted octanol–water partition coefficient (Wildman–Crippen LogP) is 4.94. The first-order valence-electron chi connectivity index (χ1n) is 9.48. The lowest BCUT2D eigenvalue weighted by Gasteiger charge is -2.18. The zero-order valence-corrected chi connectivity index (χ0v) is 17.9. The van der Waals surface area contributed by atoms with Crippen LogP contribution in [0.4, 0.5) is 5.13 Å². The van der Waals surface area contributed by atoms with Crippen molar-refractivity contribution in [1.82, 2.24) is 10.3 Å². The standard InChI is InChI=1S/C23H25N3O2S/c1-14-5-8-18(9-6-14)20(24-17(4)27)12-22(28)26-23-25-21(13-29-23)19-10-7-15(2)11-16(19)3/h5-11,13,20H,12H2,1-4H3,(H,24,27)(H,25,26,28). The van der Waals surface area contributed by atoms with Crippen LogP contribution in [0.3, 0.4) is 0 Å². The Balaban J connectivity index is 1.71. The first-order valence-corrected chi connectivity index (χ1v) is 10.4. The van der Waals surface area contributed by atoms with Gasteiger partial charge < -0.3 is 10.6 Å². The topological polar surface area (TPSA) is 71.1 Å². The molecule has 1 unspecified atom stereocenters. The summed E-state index contributed by atoms with van der Waals surface area (Å²) >= 11 is 1.39. The van der Waals surface area contributed by atoms with Gasteiger partial charge in [-0.2, -0.15) is 0 Å². The third-order valence-corrected chi connectivity index (χ3v) is 5.41. The summed E-state index contributed by atoms with van der Waals surface area (Å²) in [7, 11) is 0. The van der Waals surface area contributed by atoms with Gasteiger partial charge in [0.1, 0.15) is 0 Å². The minimum absolute atomic E-state index is 0.140. The average Bonchev–Trinajstić information content (AvgIpc) is 3.09. The van der Waals surface area contributed by atoms with Crippen LogP contribution in [0.5, 0.6) is 0 Å². The summed E-state index contributed by atoms with van der Waals surface area (Å²) in [6.07, 6.45) is 0.140. The molecular weight excluding hydrogens is 382 g/mol. The van der Waals surface area contributed by atoms with Crippen molar-refractivity contribution in [2.24, 2.45) is 0 Å². The van der Waals surface area contributed by atoms with E-state index in [1.807, 2.05) is 36.6 Å². The van der Waals surface area contributed by atoms with Crippen LogP contribution in [0.1, 0.15) is 41.6 Å².